The van der Waals surface area contributed by atoms with E-state index >= 15 is 0 Å². The highest BCUT2D eigenvalue weighted by atomic mass is 16.5. The lowest BCUT2D eigenvalue weighted by Crippen LogP contribution is -2.21. The van der Waals surface area contributed by atoms with Crippen molar-refractivity contribution in [1.29, 1.82) is 5.26 Å². The summed E-state index contributed by atoms with van der Waals surface area (Å²) in [5, 5.41) is 8.26. The van der Waals surface area contributed by atoms with Crippen LogP contribution in [-0.4, -0.2) is 18.2 Å². The van der Waals surface area contributed by atoms with Crippen LogP contribution in [0.2, 0.25) is 0 Å². The van der Waals surface area contributed by atoms with E-state index in [-0.39, 0.29) is 0 Å². The maximum Gasteiger partial charge on any atom is 0.260 e. The number of ether oxygens (including phenoxy) is 1. The first-order valence-electron chi connectivity index (χ1n) is 2.20. The van der Waals surface area contributed by atoms with Gasteiger partial charge in [0.2, 0.25) is 0 Å². The van der Waals surface area contributed by atoms with Gasteiger partial charge in [0.15, 0.2) is 0 Å². The molecule has 0 fully saturated rings. The minimum absolute atomic E-state index is 0.463. The maximum absolute atomic E-state index is 8.26. The second-order valence-corrected chi connectivity index (χ2v) is 1.48. The van der Waals surface area contributed by atoms with Gasteiger partial charge in [0, 0.05) is 7.05 Å². The molecule has 0 saturated heterocycles. The molecule has 1 aliphatic heterocycles. The molecule has 1 aliphatic rings. The normalized spacial score (nSPS) is 25.0. The molecule has 1 heterocycles. The van der Waals surface area contributed by atoms with Gasteiger partial charge in [0.1, 0.15) is 18.5 Å². The largest absolute Gasteiger partial charge is 0.462 e. The van der Waals surface area contributed by atoms with Gasteiger partial charge in [-0.3, -0.25) is 0 Å². The molecule has 0 bridgehead atoms. The van der Waals surface area contributed by atoms with Crippen LogP contribution in [0.1, 0.15) is 0 Å². The van der Waals surface area contributed by atoms with Crippen LogP contribution >= 0.6 is 0 Å². The van der Waals surface area contributed by atoms with Gasteiger partial charge >= 0.3 is 0 Å². The van der Waals surface area contributed by atoms with Crippen molar-refractivity contribution in [1.82, 2.24) is 4.90 Å². The molecule has 3 nitrogen and oxygen atoms in total. The highest BCUT2D eigenvalue weighted by molar-refractivity contribution is 4.91. The minimum atomic E-state index is -0.463. The van der Waals surface area contributed by atoms with Gasteiger partial charge in [-0.15, -0.1) is 0 Å². The van der Waals surface area contributed by atoms with Crippen LogP contribution < -0.4 is 0 Å². The lowest BCUT2D eigenvalue weighted by Gasteiger charge is -2.09. The molecule has 0 aliphatic carbocycles. The van der Waals surface area contributed by atoms with Crippen LogP contribution in [0.4, 0.5) is 0 Å². The van der Waals surface area contributed by atoms with Gasteiger partial charge in [0.25, 0.3) is 6.23 Å². The van der Waals surface area contributed by atoms with Crippen molar-refractivity contribution in [2.75, 3.05) is 7.05 Å². The van der Waals surface area contributed by atoms with Crippen molar-refractivity contribution in [3.05, 3.63) is 12.5 Å². The Bertz CT molecular complexity index is 147. The monoisotopic (exact) mass is 109 g/mol. The van der Waals surface area contributed by atoms with Gasteiger partial charge in [-0.25, -0.2) is 0 Å². The van der Waals surface area contributed by atoms with Crippen molar-refractivity contribution >= 4 is 0 Å². The summed E-state index contributed by atoms with van der Waals surface area (Å²) in [6, 6.07) is 1.92. The molecule has 0 amide bonds. The maximum atomic E-state index is 8.26. The number of hydrogen-bond donors (Lipinski definition) is 0. The van der Waals surface area contributed by atoms with Crippen LogP contribution in [0.15, 0.2) is 6.26 Å². The Balaban J connectivity index is 2.54. The van der Waals surface area contributed by atoms with Crippen LogP contribution in [-0.2, 0) is 4.74 Å². The summed E-state index contributed by atoms with van der Waals surface area (Å²) < 4.78 is 4.74. The van der Waals surface area contributed by atoms with Gasteiger partial charge < -0.3 is 9.64 Å². The smallest absolute Gasteiger partial charge is 0.260 e. The highest BCUT2D eigenvalue weighted by Crippen LogP contribution is 2.04. The van der Waals surface area contributed by atoms with Crippen LogP contribution in [0.25, 0.3) is 0 Å². The van der Waals surface area contributed by atoms with Crippen LogP contribution in [0.5, 0.6) is 0 Å². The average Bonchev–Trinajstić information content (AvgIpc) is 2.14. The van der Waals surface area contributed by atoms with Crippen LogP contribution in [0.3, 0.4) is 0 Å². The van der Waals surface area contributed by atoms with E-state index in [0.717, 1.165) is 0 Å². The van der Waals surface area contributed by atoms with E-state index in [1.165, 1.54) is 6.26 Å². The summed E-state index contributed by atoms with van der Waals surface area (Å²) in [6.07, 6.45) is 3.60. The number of nitrogens with zero attached hydrogens (tertiary/aromatic N) is 2. The fourth-order valence-electron chi connectivity index (χ4n) is 0.454. The molecule has 0 saturated carbocycles. The Kier molecular flexibility index (Phi) is 1.09. The molecule has 8 heavy (non-hydrogen) atoms. The standard InChI is InChI=1S/C5H5N2O/c1-7-2-3-8-5(7)4-6/h3,5H,1H3. The SMILES string of the molecule is CN1[C]=COC1C#N. The van der Waals surface area contributed by atoms with E-state index in [0.29, 0.717) is 0 Å². The Morgan fingerprint density at radius 1 is 2.00 bits per heavy atom. The molecule has 41 valence electrons. The lowest BCUT2D eigenvalue weighted by atomic mass is 10.6. The molecular weight excluding hydrogens is 104 g/mol. The Morgan fingerprint density at radius 2 is 2.75 bits per heavy atom. The van der Waals surface area contributed by atoms with Gasteiger partial charge in [-0.2, -0.15) is 5.26 Å². The molecule has 1 radical (unpaired) electrons. The molecular formula is C5H5N2O. The molecule has 0 aromatic heterocycles. The van der Waals surface area contributed by atoms with Crippen molar-refractivity contribution in [3.8, 4) is 6.07 Å². The van der Waals surface area contributed by atoms with Crippen molar-refractivity contribution in [2.24, 2.45) is 0 Å². The molecule has 3 heteroatoms. The predicted octanol–water partition coefficient (Wildman–Crippen LogP) is 0.0725. The Morgan fingerprint density at radius 3 is 3.00 bits per heavy atom. The summed E-state index contributed by atoms with van der Waals surface area (Å²) in [5.74, 6) is 0. The van der Waals surface area contributed by atoms with Gasteiger partial charge in [0.05, 0.1) is 0 Å². The summed E-state index contributed by atoms with van der Waals surface area (Å²) >= 11 is 0. The zero-order valence-electron chi connectivity index (χ0n) is 4.46. The minimum Gasteiger partial charge on any atom is -0.462 e. The number of hydrogen-bond acceptors (Lipinski definition) is 3. The van der Waals surface area contributed by atoms with E-state index in [4.69, 9.17) is 10.00 Å². The van der Waals surface area contributed by atoms with Crippen molar-refractivity contribution in [3.63, 3.8) is 0 Å². The summed E-state index contributed by atoms with van der Waals surface area (Å²) in [6.45, 7) is 0. The highest BCUT2D eigenvalue weighted by Gasteiger charge is 2.14. The number of rotatable bonds is 0. The third kappa shape index (κ3) is 0.604. The second kappa shape index (κ2) is 1.74. The molecule has 1 unspecified atom stereocenters. The fourth-order valence-corrected chi connectivity index (χ4v) is 0.454. The Labute approximate surface area is 47.8 Å². The van der Waals surface area contributed by atoms with E-state index in [1.54, 1.807) is 11.9 Å². The van der Waals surface area contributed by atoms with Crippen molar-refractivity contribution < 1.29 is 4.74 Å². The van der Waals surface area contributed by atoms with Crippen LogP contribution in [0, 0.1) is 17.5 Å². The average molecular weight is 109 g/mol. The molecule has 0 spiro atoms. The third-order valence-electron chi connectivity index (χ3n) is 0.915. The predicted molar refractivity (Wildman–Crippen MR) is 26.1 cm³/mol. The summed E-state index contributed by atoms with van der Waals surface area (Å²) in [7, 11) is 1.73. The zero-order valence-corrected chi connectivity index (χ0v) is 4.46. The fraction of sp³-hybridized carbons (Fsp3) is 0.400. The number of nitriles is 1. The van der Waals surface area contributed by atoms with E-state index < -0.39 is 6.23 Å². The summed E-state index contributed by atoms with van der Waals surface area (Å²) in [4.78, 5) is 1.57. The zero-order chi connectivity index (χ0) is 5.98. The first kappa shape index (κ1) is 4.98. The van der Waals surface area contributed by atoms with Gasteiger partial charge in [-0.05, 0) is 0 Å². The first-order chi connectivity index (χ1) is 3.84. The second-order valence-electron chi connectivity index (χ2n) is 1.48. The molecule has 1 atom stereocenters. The molecule has 0 aromatic rings. The third-order valence-corrected chi connectivity index (χ3v) is 0.915. The quantitative estimate of drug-likeness (QED) is 0.441. The van der Waals surface area contributed by atoms with E-state index in [1.807, 2.05) is 6.07 Å². The first-order valence-corrected chi connectivity index (χ1v) is 2.20. The Hall–Kier alpha value is -1.17. The summed E-state index contributed by atoms with van der Waals surface area (Å²) in [5.41, 5.74) is 0. The van der Waals surface area contributed by atoms with E-state index in [9.17, 15) is 0 Å². The van der Waals surface area contributed by atoms with E-state index in [2.05, 4.69) is 6.20 Å². The molecule has 0 N–H and O–H groups in total. The van der Waals surface area contributed by atoms with Crippen molar-refractivity contribution in [2.45, 2.75) is 6.23 Å². The van der Waals surface area contributed by atoms with Gasteiger partial charge in [-0.1, -0.05) is 0 Å². The lowest BCUT2D eigenvalue weighted by molar-refractivity contribution is 0.122. The molecule has 1 rings (SSSR count). The topological polar surface area (TPSA) is 36.3 Å². The molecule has 0 aromatic carbocycles.